The molecule has 0 spiro atoms. The third-order valence-electron chi connectivity index (χ3n) is 4.50. The molecular weight excluding hydrogens is 523 g/mol. The Morgan fingerprint density at radius 3 is 2.61 bits per heavy atom. The maximum atomic E-state index is 13.1. The molecule has 1 aliphatic heterocycles. The minimum atomic E-state index is -0.618. The van der Waals surface area contributed by atoms with Crippen LogP contribution in [0.5, 0.6) is 0 Å². The predicted molar refractivity (Wildman–Crippen MR) is 133 cm³/mol. The van der Waals surface area contributed by atoms with Crippen LogP contribution in [0.15, 0.2) is 68.1 Å². The van der Waals surface area contributed by atoms with Crippen molar-refractivity contribution in [2.45, 2.75) is 9.56 Å². The van der Waals surface area contributed by atoms with Crippen LogP contribution in [-0.2, 0) is 9.59 Å². The minimum Gasteiger partial charge on any atom is -0.431 e. The molecule has 1 N–H and O–H groups in total. The smallest absolute Gasteiger partial charge is 0.270 e. The number of para-hydroxylation sites is 2. The van der Waals surface area contributed by atoms with Crippen LogP contribution in [0, 0.1) is 0 Å². The minimum absolute atomic E-state index is 0.0212. The predicted octanol–water partition coefficient (Wildman–Crippen LogP) is 5.57. The lowest BCUT2D eigenvalue weighted by Crippen LogP contribution is -2.54. The average Bonchev–Trinajstić information content (AvgIpc) is 3.34. The maximum absolute atomic E-state index is 13.1. The highest BCUT2D eigenvalue weighted by molar-refractivity contribution is 8.00. The van der Waals surface area contributed by atoms with Crippen molar-refractivity contribution in [2.24, 2.45) is 0 Å². The number of benzene rings is 2. The molecule has 0 bridgehead atoms. The second-order valence-corrected chi connectivity index (χ2v) is 10.0. The van der Waals surface area contributed by atoms with Gasteiger partial charge in [-0.15, -0.1) is 11.3 Å². The van der Waals surface area contributed by atoms with E-state index in [2.05, 4.69) is 15.3 Å². The molecule has 33 heavy (non-hydrogen) atoms. The number of carbonyl (C=O) groups excluding carboxylic acids is 2. The summed E-state index contributed by atoms with van der Waals surface area (Å²) in [6, 6.07) is 13.9. The Kier molecular flexibility index (Phi) is 5.94. The van der Waals surface area contributed by atoms with Gasteiger partial charge in [0, 0.05) is 16.8 Å². The average molecular weight is 533 g/mol. The standard InChI is InChI=1S/C21H10Cl2N4O3S3/c22-10-5-7-11(8-6-10)27-18(29)12(17(28)26-19(27)31)9-15-16(23)25-21(32-15)33-20-24-13-3-1-2-4-14(13)30-20/h1-9H,(H,26,28,31)/b12-9+. The summed E-state index contributed by atoms with van der Waals surface area (Å²) in [7, 11) is 0. The monoisotopic (exact) mass is 532 g/mol. The van der Waals surface area contributed by atoms with E-state index in [4.69, 9.17) is 39.8 Å². The molecule has 2 aromatic heterocycles. The lowest BCUT2D eigenvalue weighted by molar-refractivity contribution is -0.122. The Labute approximate surface area is 210 Å². The zero-order valence-electron chi connectivity index (χ0n) is 16.2. The lowest BCUT2D eigenvalue weighted by Gasteiger charge is -2.28. The van der Waals surface area contributed by atoms with E-state index in [9.17, 15) is 9.59 Å². The number of hydrogen-bond acceptors (Lipinski definition) is 8. The van der Waals surface area contributed by atoms with Gasteiger partial charge in [-0.1, -0.05) is 35.3 Å². The zero-order chi connectivity index (χ0) is 23.1. The number of fused-ring (bicyclic) bond motifs is 1. The van der Waals surface area contributed by atoms with E-state index in [0.717, 1.165) is 5.52 Å². The molecule has 0 saturated carbocycles. The summed E-state index contributed by atoms with van der Waals surface area (Å²) in [5.74, 6) is -1.20. The topological polar surface area (TPSA) is 88.3 Å². The molecular formula is C21H10Cl2N4O3S3. The number of halogens is 2. The fourth-order valence-corrected chi connectivity index (χ4v) is 5.61. The van der Waals surface area contributed by atoms with E-state index in [1.165, 1.54) is 34.1 Å². The van der Waals surface area contributed by atoms with Crippen molar-refractivity contribution in [3.8, 4) is 0 Å². The molecule has 1 saturated heterocycles. The van der Waals surface area contributed by atoms with E-state index in [1.54, 1.807) is 24.3 Å². The highest BCUT2D eigenvalue weighted by Crippen LogP contribution is 2.37. The number of oxazole rings is 1. The zero-order valence-corrected chi connectivity index (χ0v) is 20.2. The third-order valence-corrected chi connectivity index (χ3v) is 7.35. The normalized spacial score (nSPS) is 15.5. The van der Waals surface area contributed by atoms with Gasteiger partial charge in [0.1, 0.15) is 16.2 Å². The molecule has 0 radical (unpaired) electrons. The fourth-order valence-electron chi connectivity index (χ4n) is 3.01. The Balaban J connectivity index is 1.44. The fraction of sp³-hybridized carbons (Fsp3) is 0. The number of hydrogen-bond donors (Lipinski definition) is 1. The number of carbonyl (C=O) groups is 2. The number of nitrogens with zero attached hydrogens (tertiary/aromatic N) is 3. The molecule has 5 rings (SSSR count). The first-order valence-electron chi connectivity index (χ1n) is 9.26. The van der Waals surface area contributed by atoms with Crippen LogP contribution in [-0.4, -0.2) is 26.9 Å². The molecule has 12 heteroatoms. The van der Waals surface area contributed by atoms with Crippen LogP contribution in [0.2, 0.25) is 10.2 Å². The second kappa shape index (κ2) is 8.88. The van der Waals surface area contributed by atoms with E-state index >= 15 is 0 Å². The van der Waals surface area contributed by atoms with E-state index in [-0.39, 0.29) is 15.8 Å². The summed E-state index contributed by atoms with van der Waals surface area (Å²) in [5.41, 5.74) is 1.74. The van der Waals surface area contributed by atoms with Crippen LogP contribution >= 0.6 is 58.5 Å². The Hall–Kier alpha value is -2.76. The van der Waals surface area contributed by atoms with Crippen molar-refractivity contribution in [3.05, 3.63) is 69.2 Å². The first kappa shape index (κ1) is 22.1. The van der Waals surface area contributed by atoms with Crippen LogP contribution in [0.25, 0.3) is 17.2 Å². The van der Waals surface area contributed by atoms with Crippen molar-refractivity contribution in [1.82, 2.24) is 15.3 Å². The molecule has 164 valence electrons. The van der Waals surface area contributed by atoms with Gasteiger partial charge in [-0.2, -0.15) is 0 Å². The van der Waals surface area contributed by atoms with Gasteiger partial charge in [-0.25, -0.2) is 9.97 Å². The first-order valence-corrected chi connectivity index (χ1v) is 12.1. The number of thiocarbonyl (C=S) groups is 1. The molecule has 0 aliphatic carbocycles. The summed E-state index contributed by atoms with van der Waals surface area (Å²) in [6.07, 6.45) is 1.40. The first-order chi connectivity index (χ1) is 15.9. The van der Waals surface area contributed by atoms with Crippen molar-refractivity contribution >= 4 is 98.3 Å². The third kappa shape index (κ3) is 4.40. The molecule has 2 aromatic carbocycles. The van der Waals surface area contributed by atoms with Crippen LogP contribution < -0.4 is 10.2 Å². The van der Waals surface area contributed by atoms with Gasteiger partial charge in [-0.05, 0) is 54.7 Å². The molecule has 4 aromatic rings. The molecule has 7 nitrogen and oxygen atoms in total. The van der Waals surface area contributed by atoms with Gasteiger partial charge in [0.15, 0.2) is 15.0 Å². The van der Waals surface area contributed by atoms with Gasteiger partial charge in [0.05, 0.1) is 10.6 Å². The molecule has 3 heterocycles. The highest BCUT2D eigenvalue weighted by atomic mass is 35.5. The number of nitrogens with one attached hydrogen (secondary N) is 1. The largest absolute Gasteiger partial charge is 0.431 e. The summed E-state index contributed by atoms with van der Waals surface area (Å²) in [6.45, 7) is 0. The number of thiazole rings is 1. The van der Waals surface area contributed by atoms with Crippen LogP contribution in [0.1, 0.15) is 4.88 Å². The van der Waals surface area contributed by atoms with Crippen LogP contribution in [0.3, 0.4) is 0 Å². The van der Waals surface area contributed by atoms with Gasteiger partial charge in [0.2, 0.25) is 0 Å². The van der Waals surface area contributed by atoms with Gasteiger partial charge >= 0.3 is 0 Å². The molecule has 2 amide bonds. The Morgan fingerprint density at radius 2 is 1.85 bits per heavy atom. The maximum Gasteiger partial charge on any atom is 0.270 e. The summed E-state index contributed by atoms with van der Waals surface area (Å²) in [4.78, 5) is 36.0. The van der Waals surface area contributed by atoms with E-state index < -0.39 is 11.8 Å². The summed E-state index contributed by atoms with van der Waals surface area (Å²) >= 11 is 19.8. The molecule has 0 atom stereocenters. The lowest BCUT2D eigenvalue weighted by atomic mass is 10.1. The van der Waals surface area contributed by atoms with Crippen molar-refractivity contribution in [1.29, 1.82) is 0 Å². The van der Waals surface area contributed by atoms with E-state index in [0.29, 0.717) is 30.7 Å². The number of amides is 2. The Bertz CT molecular complexity index is 1430. The SMILES string of the molecule is O=C1NC(=S)N(c2ccc(Cl)cc2)C(=O)/C1=C/c1sc(Sc2nc3ccccc3o2)nc1Cl. The van der Waals surface area contributed by atoms with Gasteiger partial charge in [0.25, 0.3) is 17.0 Å². The second-order valence-electron chi connectivity index (χ2n) is 6.62. The summed E-state index contributed by atoms with van der Waals surface area (Å²) in [5, 5.41) is 3.58. The Morgan fingerprint density at radius 1 is 1.09 bits per heavy atom. The highest BCUT2D eigenvalue weighted by Gasteiger charge is 2.35. The molecule has 0 unspecified atom stereocenters. The summed E-state index contributed by atoms with van der Waals surface area (Å²) < 4.78 is 6.25. The van der Waals surface area contributed by atoms with E-state index in [1.807, 2.05) is 24.3 Å². The van der Waals surface area contributed by atoms with Crippen molar-refractivity contribution in [2.75, 3.05) is 4.90 Å². The van der Waals surface area contributed by atoms with Gasteiger partial charge < -0.3 is 4.42 Å². The van der Waals surface area contributed by atoms with Crippen molar-refractivity contribution < 1.29 is 14.0 Å². The number of aromatic nitrogens is 2. The van der Waals surface area contributed by atoms with Crippen molar-refractivity contribution in [3.63, 3.8) is 0 Å². The van der Waals surface area contributed by atoms with Crippen LogP contribution in [0.4, 0.5) is 5.69 Å². The molecule has 1 aliphatic rings. The quantitative estimate of drug-likeness (QED) is 0.208. The number of rotatable bonds is 4. The molecule has 1 fully saturated rings. The number of anilines is 1. The van der Waals surface area contributed by atoms with Gasteiger partial charge in [-0.3, -0.25) is 19.8 Å².